The van der Waals surface area contributed by atoms with Crippen molar-refractivity contribution in [1.82, 2.24) is 10.6 Å². The predicted octanol–water partition coefficient (Wildman–Crippen LogP) is 3.29. The van der Waals surface area contributed by atoms with Crippen LogP contribution in [0.4, 0.5) is 0 Å². The van der Waals surface area contributed by atoms with Crippen LogP contribution in [0.5, 0.6) is 11.5 Å². The molecule has 0 spiro atoms. The third-order valence-corrected chi connectivity index (χ3v) is 4.55. The molecule has 0 radical (unpaired) electrons. The minimum Gasteiger partial charge on any atom is -0.493 e. The number of nitrogens with one attached hydrogen (secondary N) is 2. The number of hydrogen-bond acceptors (Lipinski definition) is 4. The summed E-state index contributed by atoms with van der Waals surface area (Å²) < 4.78 is 10.8. The summed E-state index contributed by atoms with van der Waals surface area (Å²) >= 11 is 6.22. The second-order valence-corrected chi connectivity index (χ2v) is 6.57. The molecule has 5 nitrogen and oxygen atoms in total. The van der Waals surface area contributed by atoms with Crippen LogP contribution in [0.25, 0.3) is 0 Å². The molecule has 1 fully saturated rings. The number of rotatable bonds is 6. The Morgan fingerprint density at radius 1 is 1.38 bits per heavy atom. The second-order valence-electron chi connectivity index (χ2n) is 6.17. The Hall–Kier alpha value is -1.17. The standard InChI is InChI=1S/C17H25ClN2O3.ClH/c1-4-23-15-13(18)9-12(10-14(15)22-3)16(21)20-11-17(2)5-7-19-8-6-17;/h9-10,19H,4-8,11H2,1-3H3,(H,20,21);1H. The average Bonchev–Trinajstić information content (AvgIpc) is 2.55. The fraction of sp³-hybridized carbons (Fsp3) is 0.588. The molecule has 0 saturated carbocycles. The highest BCUT2D eigenvalue weighted by atomic mass is 35.5. The van der Waals surface area contributed by atoms with Gasteiger partial charge in [-0.15, -0.1) is 12.4 Å². The van der Waals surface area contributed by atoms with Gasteiger partial charge in [-0.2, -0.15) is 0 Å². The Bertz CT molecular complexity index is 561. The van der Waals surface area contributed by atoms with Crippen molar-refractivity contribution in [2.45, 2.75) is 26.7 Å². The highest BCUT2D eigenvalue weighted by Crippen LogP contribution is 2.36. The van der Waals surface area contributed by atoms with E-state index in [2.05, 4.69) is 17.6 Å². The van der Waals surface area contributed by atoms with Gasteiger partial charge in [-0.1, -0.05) is 18.5 Å². The molecular formula is C17H26Cl2N2O3. The Morgan fingerprint density at radius 3 is 2.62 bits per heavy atom. The summed E-state index contributed by atoms with van der Waals surface area (Å²) in [5.74, 6) is 0.795. The molecule has 1 saturated heterocycles. The van der Waals surface area contributed by atoms with E-state index >= 15 is 0 Å². The van der Waals surface area contributed by atoms with Crippen molar-refractivity contribution in [3.05, 3.63) is 22.7 Å². The summed E-state index contributed by atoms with van der Waals surface area (Å²) in [6.45, 7) is 7.20. The number of carbonyl (C=O) groups excluding carboxylic acids is 1. The summed E-state index contributed by atoms with van der Waals surface area (Å²) in [5, 5.41) is 6.74. The summed E-state index contributed by atoms with van der Waals surface area (Å²) in [7, 11) is 1.53. The first kappa shape index (κ1) is 20.9. The highest BCUT2D eigenvalue weighted by Gasteiger charge is 2.27. The molecule has 0 aromatic heterocycles. The van der Waals surface area contributed by atoms with E-state index in [-0.39, 0.29) is 23.7 Å². The van der Waals surface area contributed by atoms with Gasteiger partial charge in [0.25, 0.3) is 5.91 Å². The summed E-state index contributed by atoms with van der Waals surface area (Å²) in [6, 6.07) is 3.28. The van der Waals surface area contributed by atoms with Crippen molar-refractivity contribution in [3.8, 4) is 11.5 Å². The molecule has 1 aromatic carbocycles. The van der Waals surface area contributed by atoms with Crippen molar-refractivity contribution in [2.24, 2.45) is 5.41 Å². The first-order chi connectivity index (χ1) is 11.0. The van der Waals surface area contributed by atoms with Gasteiger partial charge in [0.05, 0.1) is 18.7 Å². The molecule has 2 N–H and O–H groups in total. The fourth-order valence-corrected chi connectivity index (χ4v) is 3.00. The smallest absolute Gasteiger partial charge is 0.251 e. The maximum absolute atomic E-state index is 12.4. The maximum Gasteiger partial charge on any atom is 0.251 e. The van der Waals surface area contributed by atoms with E-state index in [1.807, 2.05) is 6.92 Å². The van der Waals surface area contributed by atoms with Gasteiger partial charge in [-0.25, -0.2) is 0 Å². The topological polar surface area (TPSA) is 59.6 Å². The fourth-order valence-electron chi connectivity index (χ4n) is 2.74. The normalized spacial score (nSPS) is 16.0. The molecule has 24 heavy (non-hydrogen) atoms. The predicted molar refractivity (Wildman–Crippen MR) is 99.0 cm³/mol. The first-order valence-electron chi connectivity index (χ1n) is 7.98. The largest absolute Gasteiger partial charge is 0.493 e. The molecule has 0 aliphatic carbocycles. The average molecular weight is 377 g/mol. The zero-order chi connectivity index (χ0) is 16.9. The van der Waals surface area contributed by atoms with Crippen LogP contribution in [-0.2, 0) is 0 Å². The van der Waals surface area contributed by atoms with Gasteiger partial charge in [0.2, 0.25) is 0 Å². The van der Waals surface area contributed by atoms with Crippen LogP contribution >= 0.6 is 24.0 Å². The second kappa shape index (κ2) is 9.35. The van der Waals surface area contributed by atoms with E-state index in [1.54, 1.807) is 12.1 Å². The third-order valence-electron chi connectivity index (χ3n) is 4.27. The van der Waals surface area contributed by atoms with E-state index in [0.717, 1.165) is 25.9 Å². The Morgan fingerprint density at radius 2 is 2.04 bits per heavy atom. The number of methoxy groups -OCH3 is 1. The van der Waals surface area contributed by atoms with Crippen LogP contribution in [0.1, 0.15) is 37.0 Å². The zero-order valence-electron chi connectivity index (χ0n) is 14.4. The summed E-state index contributed by atoms with van der Waals surface area (Å²) in [4.78, 5) is 12.4. The molecule has 7 heteroatoms. The molecule has 1 amide bonds. The summed E-state index contributed by atoms with van der Waals surface area (Å²) in [5.41, 5.74) is 0.618. The van der Waals surface area contributed by atoms with E-state index < -0.39 is 0 Å². The molecule has 2 rings (SSSR count). The van der Waals surface area contributed by atoms with Crippen LogP contribution in [0.3, 0.4) is 0 Å². The van der Waals surface area contributed by atoms with Crippen molar-refractivity contribution in [2.75, 3.05) is 33.4 Å². The van der Waals surface area contributed by atoms with Gasteiger partial charge in [0.15, 0.2) is 11.5 Å². The SMILES string of the molecule is CCOc1c(Cl)cc(C(=O)NCC2(C)CCNCC2)cc1OC.Cl. The van der Waals surface area contributed by atoms with E-state index in [9.17, 15) is 4.79 Å². The minimum absolute atomic E-state index is 0. The number of amides is 1. The molecule has 0 bridgehead atoms. The van der Waals surface area contributed by atoms with E-state index in [0.29, 0.717) is 35.2 Å². The quantitative estimate of drug-likeness (QED) is 0.799. The van der Waals surface area contributed by atoms with Crippen LogP contribution in [0, 0.1) is 5.41 Å². The number of piperidine rings is 1. The molecule has 1 heterocycles. The molecule has 1 aromatic rings. The number of carbonyl (C=O) groups is 1. The lowest BCUT2D eigenvalue weighted by molar-refractivity contribution is 0.0922. The molecule has 1 aliphatic rings. The van der Waals surface area contributed by atoms with E-state index in [4.69, 9.17) is 21.1 Å². The number of hydrogen-bond donors (Lipinski definition) is 2. The Labute approximate surface area is 154 Å². The van der Waals surface area contributed by atoms with Gasteiger partial charge in [-0.3, -0.25) is 4.79 Å². The first-order valence-corrected chi connectivity index (χ1v) is 8.36. The van der Waals surface area contributed by atoms with Crippen LogP contribution in [0.2, 0.25) is 5.02 Å². The van der Waals surface area contributed by atoms with Gasteiger partial charge in [-0.05, 0) is 50.4 Å². The lowest BCUT2D eigenvalue weighted by Gasteiger charge is -2.34. The number of ether oxygens (including phenoxy) is 2. The lowest BCUT2D eigenvalue weighted by atomic mass is 9.81. The van der Waals surface area contributed by atoms with Gasteiger partial charge < -0.3 is 20.1 Å². The van der Waals surface area contributed by atoms with Crippen molar-refractivity contribution in [1.29, 1.82) is 0 Å². The number of halogens is 2. The third kappa shape index (κ3) is 5.16. The van der Waals surface area contributed by atoms with Gasteiger partial charge in [0.1, 0.15) is 0 Å². The van der Waals surface area contributed by atoms with E-state index in [1.165, 1.54) is 7.11 Å². The molecule has 1 aliphatic heterocycles. The molecule has 0 atom stereocenters. The lowest BCUT2D eigenvalue weighted by Crippen LogP contribution is -2.42. The monoisotopic (exact) mass is 376 g/mol. The van der Waals surface area contributed by atoms with Crippen molar-refractivity contribution in [3.63, 3.8) is 0 Å². The minimum atomic E-state index is -0.145. The molecule has 136 valence electrons. The van der Waals surface area contributed by atoms with Crippen LogP contribution in [-0.4, -0.2) is 39.3 Å². The van der Waals surface area contributed by atoms with Crippen LogP contribution < -0.4 is 20.1 Å². The van der Waals surface area contributed by atoms with Gasteiger partial charge in [0, 0.05) is 12.1 Å². The van der Waals surface area contributed by atoms with Crippen molar-refractivity contribution >= 4 is 29.9 Å². The maximum atomic E-state index is 12.4. The molecule has 0 unspecified atom stereocenters. The Balaban J connectivity index is 0.00000288. The number of benzene rings is 1. The van der Waals surface area contributed by atoms with Crippen LogP contribution in [0.15, 0.2) is 12.1 Å². The van der Waals surface area contributed by atoms with Gasteiger partial charge >= 0.3 is 0 Å². The molecular weight excluding hydrogens is 351 g/mol. The van der Waals surface area contributed by atoms with Crippen molar-refractivity contribution < 1.29 is 14.3 Å². The summed E-state index contributed by atoms with van der Waals surface area (Å²) in [6.07, 6.45) is 2.11. The zero-order valence-corrected chi connectivity index (χ0v) is 16.0. The highest BCUT2D eigenvalue weighted by molar-refractivity contribution is 6.32. The Kier molecular flexibility index (Phi) is 8.13.